The van der Waals surface area contributed by atoms with E-state index in [0.29, 0.717) is 6.04 Å². The van der Waals surface area contributed by atoms with Crippen molar-refractivity contribution in [1.29, 1.82) is 0 Å². The molecule has 5 heteroatoms. The van der Waals surface area contributed by atoms with E-state index in [2.05, 4.69) is 101 Å². The van der Waals surface area contributed by atoms with Crippen LogP contribution < -0.4 is 12.4 Å². The minimum absolute atomic E-state index is 0. The molecule has 0 spiro atoms. The molecule has 0 aliphatic rings. The van der Waals surface area contributed by atoms with Crippen molar-refractivity contribution in [2.75, 3.05) is 27.7 Å². The predicted molar refractivity (Wildman–Crippen MR) is 112 cm³/mol. The molecule has 1 unspecified atom stereocenters. The highest BCUT2D eigenvalue weighted by molar-refractivity contribution is 9.10. The zero-order valence-electron chi connectivity index (χ0n) is 15.2. The van der Waals surface area contributed by atoms with Gasteiger partial charge in [0.15, 0.2) is 0 Å². The summed E-state index contributed by atoms with van der Waals surface area (Å²) in [5.41, 5.74) is 2.65. The van der Waals surface area contributed by atoms with Gasteiger partial charge in [-0.05, 0) is 56.2 Å². The summed E-state index contributed by atoms with van der Waals surface area (Å²) < 4.78 is 5.80. The summed E-state index contributed by atoms with van der Waals surface area (Å²) in [4.78, 5) is 0. The van der Waals surface area contributed by atoms with Crippen LogP contribution in [-0.2, 0) is 0 Å². The Balaban J connectivity index is 0.00000225. The summed E-state index contributed by atoms with van der Waals surface area (Å²) in [6.45, 7) is 3.55. The van der Waals surface area contributed by atoms with E-state index in [1.165, 1.54) is 41.2 Å². The van der Waals surface area contributed by atoms with E-state index in [1.807, 2.05) is 0 Å². The van der Waals surface area contributed by atoms with Gasteiger partial charge < -0.3 is 21.5 Å². The van der Waals surface area contributed by atoms with Crippen LogP contribution in [0.4, 0.5) is 0 Å². The molecule has 0 N–H and O–H groups in total. The Kier molecular flexibility index (Phi) is 6.64. The van der Waals surface area contributed by atoms with Crippen molar-refractivity contribution in [1.82, 2.24) is 4.57 Å². The van der Waals surface area contributed by atoms with Crippen molar-refractivity contribution in [2.24, 2.45) is 0 Å². The van der Waals surface area contributed by atoms with Crippen LogP contribution in [0.5, 0.6) is 0 Å². The lowest BCUT2D eigenvalue weighted by Crippen LogP contribution is -3.00. The van der Waals surface area contributed by atoms with Gasteiger partial charge in [-0.1, -0.05) is 31.9 Å². The van der Waals surface area contributed by atoms with Crippen LogP contribution in [0, 0.1) is 0 Å². The van der Waals surface area contributed by atoms with Crippen LogP contribution in [0.3, 0.4) is 0 Å². The lowest BCUT2D eigenvalue weighted by atomic mass is 10.1. The third-order valence-corrected chi connectivity index (χ3v) is 5.60. The third kappa shape index (κ3) is 4.60. The quantitative estimate of drug-likeness (QED) is 0.486. The van der Waals surface area contributed by atoms with E-state index in [9.17, 15) is 0 Å². The molecular weight excluding hydrogens is 463 g/mol. The van der Waals surface area contributed by atoms with Gasteiger partial charge in [0.05, 0.1) is 27.7 Å². The Morgan fingerprint density at radius 3 is 1.84 bits per heavy atom. The van der Waals surface area contributed by atoms with E-state index in [0.717, 1.165) is 13.4 Å². The molecule has 0 bridgehead atoms. The number of benzene rings is 2. The smallest absolute Gasteiger partial charge is 0.0781 e. The molecule has 0 fully saturated rings. The average Bonchev–Trinajstić information content (AvgIpc) is 2.79. The van der Waals surface area contributed by atoms with Crippen molar-refractivity contribution in [3.63, 3.8) is 0 Å². The van der Waals surface area contributed by atoms with Crippen molar-refractivity contribution in [3.05, 3.63) is 45.3 Å². The largest absolute Gasteiger partial charge is 1.00 e. The fraction of sp³-hybridized carbons (Fsp3) is 0.400. The first kappa shape index (κ1) is 20.8. The Bertz CT molecular complexity index is 821. The molecule has 2 nitrogen and oxygen atoms in total. The van der Waals surface area contributed by atoms with Gasteiger partial charge in [-0.2, -0.15) is 0 Å². The normalized spacial score (nSPS) is 13.2. The zero-order chi connectivity index (χ0) is 17.5. The minimum Gasteiger partial charge on any atom is -1.00 e. The van der Waals surface area contributed by atoms with E-state index in [1.54, 1.807) is 0 Å². The Morgan fingerprint density at radius 2 is 1.40 bits per heavy atom. The van der Waals surface area contributed by atoms with Crippen LogP contribution in [0.15, 0.2) is 45.3 Å². The first-order valence-electron chi connectivity index (χ1n) is 8.45. The van der Waals surface area contributed by atoms with Gasteiger partial charge in [0.1, 0.15) is 0 Å². The van der Waals surface area contributed by atoms with Gasteiger partial charge in [-0.15, -0.1) is 0 Å². The number of hydrogen-bond acceptors (Lipinski definition) is 0. The second-order valence-electron chi connectivity index (χ2n) is 7.70. The van der Waals surface area contributed by atoms with E-state index in [-0.39, 0.29) is 12.4 Å². The lowest BCUT2D eigenvalue weighted by Gasteiger charge is -2.25. The summed E-state index contributed by atoms with van der Waals surface area (Å²) in [7, 11) is 6.79. The van der Waals surface area contributed by atoms with Crippen LogP contribution in [-0.4, -0.2) is 36.7 Å². The summed E-state index contributed by atoms with van der Waals surface area (Å²) in [5.74, 6) is 0. The number of hydrogen-bond donors (Lipinski definition) is 0. The number of fused-ring (bicyclic) bond motifs is 3. The fourth-order valence-corrected chi connectivity index (χ4v) is 4.19. The third-order valence-electron chi connectivity index (χ3n) is 4.62. The fourth-order valence-electron chi connectivity index (χ4n) is 3.46. The van der Waals surface area contributed by atoms with E-state index >= 15 is 0 Å². The molecule has 0 amide bonds. The first-order valence-corrected chi connectivity index (χ1v) is 10.0. The van der Waals surface area contributed by atoms with Crippen LogP contribution in [0.25, 0.3) is 21.8 Å². The number of aromatic nitrogens is 1. The number of halogens is 3. The summed E-state index contributed by atoms with van der Waals surface area (Å²) in [6, 6.07) is 13.7. The van der Waals surface area contributed by atoms with Crippen molar-refractivity contribution in [2.45, 2.75) is 25.8 Å². The van der Waals surface area contributed by atoms with E-state index in [4.69, 9.17) is 0 Å². The Labute approximate surface area is 173 Å². The van der Waals surface area contributed by atoms with Gasteiger partial charge in [0.25, 0.3) is 0 Å². The monoisotopic (exact) mass is 486 g/mol. The topological polar surface area (TPSA) is 4.93 Å². The maximum absolute atomic E-state index is 3.62. The van der Waals surface area contributed by atoms with Crippen molar-refractivity contribution < 1.29 is 16.9 Å². The van der Waals surface area contributed by atoms with Crippen LogP contribution >= 0.6 is 31.9 Å². The molecular formula is C20H25Br2ClN2. The highest BCUT2D eigenvalue weighted by Gasteiger charge is 2.17. The van der Waals surface area contributed by atoms with Crippen LogP contribution in [0.1, 0.15) is 25.8 Å². The molecule has 2 aromatic carbocycles. The molecule has 1 heterocycles. The van der Waals surface area contributed by atoms with E-state index < -0.39 is 0 Å². The molecule has 3 rings (SSSR count). The molecule has 3 aromatic rings. The predicted octanol–water partition coefficient (Wildman–Crippen LogP) is 3.37. The molecule has 136 valence electrons. The summed E-state index contributed by atoms with van der Waals surface area (Å²) >= 11 is 7.25. The Morgan fingerprint density at radius 1 is 0.920 bits per heavy atom. The summed E-state index contributed by atoms with van der Waals surface area (Å²) in [6.07, 6.45) is 2.43. The van der Waals surface area contributed by atoms with Crippen molar-refractivity contribution >= 4 is 53.7 Å². The Hall–Kier alpha value is -0.550. The maximum Gasteiger partial charge on any atom is 0.0781 e. The molecule has 0 aliphatic heterocycles. The van der Waals surface area contributed by atoms with Gasteiger partial charge in [-0.25, -0.2) is 0 Å². The molecule has 0 radical (unpaired) electrons. The molecule has 1 aromatic heterocycles. The molecule has 0 aliphatic carbocycles. The number of rotatable bonds is 5. The summed E-state index contributed by atoms with van der Waals surface area (Å²) in [5, 5.41) is 2.64. The molecule has 25 heavy (non-hydrogen) atoms. The van der Waals surface area contributed by atoms with Gasteiger partial charge in [-0.3, -0.25) is 0 Å². The highest BCUT2D eigenvalue weighted by Crippen LogP contribution is 2.36. The average molecular weight is 489 g/mol. The highest BCUT2D eigenvalue weighted by atomic mass is 79.9. The molecule has 0 saturated heterocycles. The number of quaternary nitrogens is 1. The zero-order valence-corrected chi connectivity index (χ0v) is 19.1. The van der Waals surface area contributed by atoms with Gasteiger partial charge in [0.2, 0.25) is 0 Å². The second kappa shape index (κ2) is 7.99. The van der Waals surface area contributed by atoms with Crippen LogP contribution in [0.2, 0.25) is 0 Å². The minimum atomic E-state index is 0. The van der Waals surface area contributed by atoms with Gasteiger partial charge in [0, 0.05) is 36.8 Å². The molecule has 0 saturated carbocycles. The maximum atomic E-state index is 3.62. The standard InChI is InChI=1S/C20H25Br2N2.ClH/c1-14(6-5-11-24(2,3)4)23-19-9-7-15(21)12-17(19)18-13-16(22)8-10-20(18)23;/h7-10,12-14H,5-6,11H2,1-4H3;1H/q+1;/p-1. The molecule has 1 atom stereocenters. The van der Waals surface area contributed by atoms with Crippen molar-refractivity contribution in [3.8, 4) is 0 Å². The van der Waals surface area contributed by atoms with Gasteiger partial charge >= 0.3 is 0 Å². The second-order valence-corrected chi connectivity index (χ2v) is 9.53. The lowest BCUT2D eigenvalue weighted by molar-refractivity contribution is -0.870. The first-order chi connectivity index (χ1) is 11.3. The number of nitrogens with zero attached hydrogens (tertiary/aromatic N) is 2. The SMILES string of the molecule is CC(CCC[N+](C)(C)C)n1c2ccc(Br)cc2c2cc(Br)ccc21.[Cl-].